The zero-order chi connectivity index (χ0) is 25.1. The SMILES string of the molecule is CCCCCCCCCCN(CCCCCCCCCC)C[C@H](O)c1ccc(Br)c2ccccc12. The van der Waals surface area contributed by atoms with Gasteiger partial charge in [-0.15, -0.1) is 0 Å². The Bertz CT molecular complexity index is 772. The number of halogens is 1. The first-order chi connectivity index (χ1) is 17.2. The summed E-state index contributed by atoms with van der Waals surface area (Å²) in [5, 5.41) is 13.6. The molecule has 0 aromatic heterocycles. The quantitative estimate of drug-likeness (QED) is 0.157. The van der Waals surface area contributed by atoms with Gasteiger partial charge in [-0.3, -0.25) is 0 Å². The van der Waals surface area contributed by atoms with Crippen molar-refractivity contribution in [1.82, 2.24) is 4.90 Å². The minimum atomic E-state index is -0.448. The molecule has 0 heterocycles. The Morgan fingerprint density at radius 1 is 0.629 bits per heavy atom. The smallest absolute Gasteiger partial charge is 0.0922 e. The lowest BCUT2D eigenvalue weighted by Gasteiger charge is -2.26. The van der Waals surface area contributed by atoms with Gasteiger partial charge in [-0.05, 0) is 48.3 Å². The van der Waals surface area contributed by atoms with Crippen LogP contribution in [-0.4, -0.2) is 29.6 Å². The van der Waals surface area contributed by atoms with Crippen molar-refractivity contribution in [2.24, 2.45) is 0 Å². The maximum absolute atomic E-state index is 11.3. The maximum Gasteiger partial charge on any atom is 0.0922 e. The van der Waals surface area contributed by atoms with E-state index in [2.05, 4.69) is 71.1 Å². The van der Waals surface area contributed by atoms with Crippen LogP contribution in [0.1, 0.15) is 128 Å². The van der Waals surface area contributed by atoms with E-state index in [-0.39, 0.29) is 0 Å². The lowest BCUT2D eigenvalue weighted by atomic mass is 10.00. The topological polar surface area (TPSA) is 23.5 Å². The van der Waals surface area contributed by atoms with Crippen molar-refractivity contribution in [3.05, 3.63) is 46.4 Å². The molecule has 2 nitrogen and oxygen atoms in total. The van der Waals surface area contributed by atoms with Gasteiger partial charge >= 0.3 is 0 Å². The Hall–Kier alpha value is -0.900. The van der Waals surface area contributed by atoms with Crippen LogP contribution < -0.4 is 0 Å². The fraction of sp³-hybridized carbons (Fsp3) is 0.688. The van der Waals surface area contributed by atoms with Gasteiger partial charge < -0.3 is 10.0 Å². The molecule has 198 valence electrons. The Morgan fingerprint density at radius 3 is 1.60 bits per heavy atom. The lowest BCUT2D eigenvalue weighted by molar-refractivity contribution is 0.111. The van der Waals surface area contributed by atoms with Crippen molar-refractivity contribution < 1.29 is 5.11 Å². The molecule has 35 heavy (non-hydrogen) atoms. The number of aliphatic hydroxyl groups is 1. The van der Waals surface area contributed by atoms with Gasteiger partial charge in [-0.25, -0.2) is 0 Å². The van der Waals surface area contributed by atoms with Gasteiger partial charge in [0, 0.05) is 11.0 Å². The minimum absolute atomic E-state index is 0.448. The molecule has 0 amide bonds. The molecule has 3 heteroatoms. The van der Waals surface area contributed by atoms with E-state index < -0.39 is 6.10 Å². The largest absolute Gasteiger partial charge is 0.387 e. The van der Waals surface area contributed by atoms with Crippen molar-refractivity contribution in [3.8, 4) is 0 Å². The van der Waals surface area contributed by atoms with Crippen LogP contribution in [0.3, 0.4) is 0 Å². The molecular weight excluding hydrogens is 494 g/mol. The number of nitrogens with zero attached hydrogens (tertiary/aromatic N) is 1. The molecule has 0 spiro atoms. The summed E-state index contributed by atoms with van der Waals surface area (Å²) in [5.74, 6) is 0. The highest BCUT2D eigenvalue weighted by molar-refractivity contribution is 9.10. The predicted octanol–water partition coefficient (Wildman–Crippen LogP) is 10.2. The summed E-state index contributed by atoms with van der Waals surface area (Å²) in [4.78, 5) is 2.54. The number of hydrogen-bond donors (Lipinski definition) is 1. The number of unbranched alkanes of at least 4 members (excludes halogenated alkanes) is 14. The molecule has 2 aromatic rings. The molecule has 2 aromatic carbocycles. The van der Waals surface area contributed by atoms with Crippen LogP contribution in [0.2, 0.25) is 0 Å². The summed E-state index contributed by atoms with van der Waals surface area (Å²) >= 11 is 3.68. The van der Waals surface area contributed by atoms with Gasteiger partial charge in [0.25, 0.3) is 0 Å². The second kappa shape index (κ2) is 19.2. The highest BCUT2D eigenvalue weighted by Crippen LogP contribution is 2.30. The van der Waals surface area contributed by atoms with E-state index in [1.807, 2.05) is 0 Å². The number of benzene rings is 2. The van der Waals surface area contributed by atoms with E-state index >= 15 is 0 Å². The van der Waals surface area contributed by atoms with Crippen LogP contribution in [-0.2, 0) is 0 Å². The van der Waals surface area contributed by atoms with Crippen molar-refractivity contribution in [2.75, 3.05) is 19.6 Å². The average Bonchev–Trinajstić information content (AvgIpc) is 2.87. The molecule has 0 aliphatic rings. The second-order valence-corrected chi connectivity index (χ2v) is 11.3. The fourth-order valence-corrected chi connectivity index (χ4v) is 5.63. The molecule has 0 saturated carbocycles. The van der Waals surface area contributed by atoms with E-state index in [4.69, 9.17) is 0 Å². The third-order valence-electron chi connectivity index (χ3n) is 7.35. The van der Waals surface area contributed by atoms with E-state index in [9.17, 15) is 5.11 Å². The molecule has 0 bridgehead atoms. The molecule has 0 fully saturated rings. The lowest BCUT2D eigenvalue weighted by Crippen LogP contribution is -2.31. The van der Waals surface area contributed by atoms with Crippen LogP contribution in [0.25, 0.3) is 10.8 Å². The molecule has 0 unspecified atom stereocenters. The van der Waals surface area contributed by atoms with Crippen molar-refractivity contribution in [3.63, 3.8) is 0 Å². The molecule has 0 aliphatic heterocycles. The summed E-state index contributed by atoms with van der Waals surface area (Å²) < 4.78 is 1.10. The minimum Gasteiger partial charge on any atom is -0.387 e. The van der Waals surface area contributed by atoms with E-state index in [1.54, 1.807) is 0 Å². The van der Waals surface area contributed by atoms with E-state index in [1.165, 1.54) is 108 Å². The monoisotopic (exact) mass is 545 g/mol. The molecule has 0 aliphatic carbocycles. The normalized spacial score (nSPS) is 12.6. The van der Waals surface area contributed by atoms with Gasteiger partial charge in [0.2, 0.25) is 0 Å². The third kappa shape index (κ3) is 12.3. The zero-order valence-corrected chi connectivity index (χ0v) is 24.3. The Kier molecular flexibility index (Phi) is 16.7. The van der Waals surface area contributed by atoms with Gasteiger partial charge in [0.1, 0.15) is 0 Å². The summed E-state index contributed by atoms with van der Waals surface area (Å²) in [6, 6.07) is 12.6. The van der Waals surface area contributed by atoms with Crippen LogP contribution in [0.15, 0.2) is 40.9 Å². The molecule has 0 saturated heterocycles. The first kappa shape index (κ1) is 30.3. The Balaban J connectivity index is 1.85. The first-order valence-electron chi connectivity index (χ1n) is 14.7. The maximum atomic E-state index is 11.3. The van der Waals surface area contributed by atoms with Crippen LogP contribution >= 0.6 is 15.9 Å². The van der Waals surface area contributed by atoms with Gasteiger partial charge in [0.15, 0.2) is 0 Å². The highest BCUT2D eigenvalue weighted by Gasteiger charge is 2.16. The third-order valence-corrected chi connectivity index (χ3v) is 8.04. The van der Waals surface area contributed by atoms with Crippen LogP contribution in [0.4, 0.5) is 0 Å². The zero-order valence-electron chi connectivity index (χ0n) is 22.7. The van der Waals surface area contributed by atoms with Gasteiger partial charge in [0.05, 0.1) is 6.10 Å². The predicted molar refractivity (Wildman–Crippen MR) is 158 cm³/mol. The van der Waals surface area contributed by atoms with E-state index in [0.717, 1.165) is 35.1 Å². The fourth-order valence-electron chi connectivity index (χ4n) is 5.15. The number of aliphatic hydroxyl groups excluding tert-OH is 1. The number of hydrogen-bond acceptors (Lipinski definition) is 2. The van der Waals surface area contributed by atoms with Crippen molar-refractivity contribution >= 4 is 26.7 Å². The number of fused-ring (bicyclic) bond motifs is 1. The van der Waals surface area contributed by atoms with Gasteiger partial charge in [-0.2, -0.15) is 0 Å². The standard InChI is InChI=1S/C32H52BrNO/c1-3-5-7-9-11-13-15-19-25-34(26-20-16-14-12-10-8-6-4-2)27-32(35)30-23-24-31(33)29-22-18-17-21-28(29)30/h17-18,21-24,32,35H,3-16,19-20,25-27H2,1-2H3/t32-/m0/s1. The average molecular weight is 547 g/mol. The Morgan fingerprint density at radius 2 is 1.09 bits per heavy atom. The highest BCUT2D eigenvalue weighted by atomic mass is 79.9. The Labute approximate surface area is 225 Å². The molecule has 1 N–H and O–H groups in total. The summed E-state index contributed by atoms with van der Waals surface area (Å²) in [7, 11) is 0. The molecule has 1 atom stereocenters. The second-order valence-electron chi connectivity index (χ2n) is 10.4. The van der Waals surface area contributed by atoms with Crippen LogP contribution in [0, 0.1) is 0 Å². The molecule has 0 radical (unpaired) electrons. The molecule has 2 rings (SSSR count). The summed E-state index contributed by atoms with van der Waals surface area (Å²) in [5.41, 5.74) is 1.06. The molecular formula is C32H52BrNO. The van der Waals surface area contributed by atoms with Crippen LogP contribution in [0.5, 0.6) is 0 Å². The first-order valence-corrected chi connectivity index (χ1v) is 15.5. The van der Waals surface area contributed by atoms with Crippen molar-refractivity contribution in [1.29, 1.82) is 0 Å². The van der Waals surface area contributed by atoms with Gasteiger partial charge in [-0.1, -0.05) is 150 Å². The summed E-state index contributed by atoms with van der Waals surface area (Å²) in [6.07, 6.45) is 21.2. The van der Waals surface area contributed by atoms with Crippen molar-refractivity contribution in [2.45, 2.75) is 123 Å². The van der Waals surface area contributed by atoms with E-state index in [0.29, 0.717) is 0 Å². The number of rotatable bonds is 21. The summed E-state index contributed by atoms with van der Waals surface area (Å²) in [6.45, 7) is 7.52.